The quantitative estimate of drug-likeness (QED) is 0.888. The Balaban J connectivity index is 1.63. The minimum Gasteiger partial charge on any atom is -0.381 e. The fraction of sp³-hybridized carbons (Fsp3) is 0.562. The number of amides is 1. The number of carbonyl (C=O) groups is 1. The number of sulfonamides is 1. The van der Waals surface area contributed by atoms with Crippen molar-refractivity contribution in [1.82, 2.24) is 9.62 Å². The molecule has 7 heteroatoms. The Bertz CT molecular complexity index is 641. The predicted octanol–water partition coefficient (Wildman–Crippen LogP) is 0.992. The summed E-state index contributed by atoms with van der Waals surface area (Å²) in [7, 11) is -3.54. The van der Waals surface area contributed by atoms with Gasteiger partial charge in [0.25, 0.3) is 0 Å². The van der Waals surface area contributed by atoms with Crippen molar-refractivity contribution in [3.05, 3.63) is 30.3 Å². The zero-order valence-electron chi connectivity index (χ0n) is 13.0. The van der Waals surface area contributed by atoms with Gasteiger partial charge in [-0.25, -0.2) is 13.1 Å². The molecule has 1 amide bonds. The summed E-state index contributed by atoms with van der Waals surface area (Å²) in [5.41, 5.74) is 0. The third kappa shape index (κ3) is 3.91. The molecule has 23 heavy (non-hydrogen) atoms. The van der Waals surface area contributed by atoms with Crippen LogP contribution in [0.1, 0.15) is 19.3 Å². The van der Waals surface area contributed by atoms with E-state index in [1.165, 1.54) is 0 Å². The van der Waals surface area contributed by atoms with Crippen LogP contribution in [0.25, 0.3) is 0 Å². The SMILES string of the molecule is O=C([C@@H]1CCOC1)N1CCC[C@H](NS(=O)(=O)c2ccccc2)C1. The van der Waals surface area contributed by atoms with E-state index in [4.69, 9.17) is 4.74 Å². The van der Waals surface area contributed by atoms with Crippen molar-refractivity contribution >= 4 is 15.9 Å². The molecule has 2 fully saturated rings. The van der Waals surface area contributed by atoms with E-state index < -0.39 is 10.0 Å². The highest BCUT2D eigenvalue weighted by molar-refractivity contribution is 7.89. The van der Waals surface area contributed by atoms with Gasteiger partial charge in [-0.05, 0) is 31.4 Å². The highest BCUT2D eigenvalue weighted by Gasteiger charge is 2.32. The first-order chi connectivity index (χ1) is 11.1. The largest absolute Gasteiger partial charge is 0.381 e. The van der Waals surface area contributed by atoms with Crippen molar-refractivity contribution in [2.45, 2.75) is 30.2 Å². The smallest absolute Gasteiger partial charge is 0.240 e. The number of nitrogens with zero attached hydrogens (tertiary/aromatic N) is 1. The normalized spacial score (nSPS) is 25.5. The van der Waals surface area contributed by atoms with Crippen molar-refractivity contribution < 1.29 is 17.9 Å². The van der Waals surface area contributed by atoms with Crippen LogP contribution in [0.4, 0.5) is 0 Å². The molecule has 0 spiro atoms. The molecule has 126 valence electrons. The molecule has 3 rings (SSSR count). The van der Waals surface area contributed by atoms with E-state index in [2.05, 4.69) is 4.72 Å². The average Bonchev–Trinajstić information content (AvgIpc) is 3.09. The first kappa shape index (κ1) is 16.4. The first-order valence-electron chi connectivity index (χ1n) is 8.00. The predicted molar refractivity (Wildman–Crippen MR) is 85.3 cm³/mol. The number of likely N-dealkylation sites (tertiary alicyclic amines) is 1. The summed E-state index contributed by atoms with van der Waals surface area (Å²) in [5.74, 6) is 0.0191. The topological polar surface area (TPSA) is 75.7 Å². The summed E-state index contributed by atoms with van der Waals surface area (Å²) in [4.78, 5) is 14.5. The van der Waals surface area contributed by atoms with Crippen LogP contribution in [0.15, 0.2) is 35.2 Å². The maximum absolute atomic E-state index is 12.5. The van der Waals surface area contributed by atoms with Gasteiger partial charge in [0.1, 0.15) is 0 Å². The molecule has 0 unspecified atom stereocenters. The van der Waals surface area contributed by atoms with E-state index >= 15 is 0 Å². The third-order valence-corrected chi connectivity index (χ3v) is 5.92. The average molecular weight is 338 g/mol. The van der Waals surface area contributed by atoms with Gasteiger partial charge in [0.2, 0.25) is 15.9 Å². The molecule has 2 aliphatic heterocycles. The minimum atomic E-state index is -3.54. The monoisotopic (exact) mass is 338 g/mol. The molecule has 0 aromatic heterocycles. The Morgan fingerprint density at radius 3 is 2.70 bits per heavy atom. The number of benzene rings is 1. The molecule has 2 aliphatic rings. The summed E-state index contributed by atoms with van der Waals surface area (Å²) in [6, 6.07) is 8.09. The van der Waals surface area contributed by atoms with Gasteiger partial charge in [0.15, 0.2) is 0 Å². The molecular weight excluding hydrogens is 316 g/mol. The van der Waals surface area contributed by atoms with E-state index in [0.717, 1.165) is 19.3 Å². The minimum absolute atomic E-state index is 0.0699. The second kappa shape index (κ2) is 6.98. The van der Waals surface area contributed by atoms with Gasteiger partial charge >= 0.3 is 0 Å². The molecule has 2 saturated heterocycles. The van der Waals surface area contributed by atoms with Gasteiger partial charge in [-0.15, -0.1) is 0 Å². The lowest BCUT2D eigenvalue weighted by Crippen LogP contribution is -2.51. The second-order valence-electron chi connectivity index (χ2n) is 6.12. The molecule has 0 aliphatic carbocycles. The lowest BCUT2D eigenvalue weighted by molar-refractivity contribution is -0.136. The van der Waals surface area contributed by atoms with Crippen LogP contribution in [-0.2, 0) is 19.6 Å². The van der Waals surface area contributed by atoms with E-state index in [0.29, 0.717) is 26.3 Å². The van der Waals surface area contributed by atoms with Crippen LogP contribution in [0.2, 0.25) is 0 Å². The fourth-order valence-corrected chi connectivity index (χ4v) is 4.43. The fourth-order valence-electron chi connectivity index (χ4n) is 3.15. The molecule has 1 aromatic carbocycles. The molecule has 6 nitrogen and oxygen atoms in total. The number of nitrogens with one attached hydrogen (secondary N) is 1. The van der Waals surface area contributed by atoms with Gasteiger partial charge in [0.05, 0.1) is 17.4 Å². The van der Waals surface area contributed by atoms with Crippen LogP contribution in [-0.4, -0.2) is 51.6 Å². The van der Waals surface area contributed by atoms with Crippen molar-refractivity contribution in [1.29, 1.82) is 0 Å². The molecule has 2 atom stereocenters. The maximum atomic E-state index is 12.5. The number of piperidine rings is 1. The first-order valence-corrected chi connectivity index (χ1v) is 9.48. The van der Waals surface area contributed by atoms with Crippen LogP contribution < -0.4 is 4.72 Å². The van der Waals surface area contributed by atoms with Gasteiger partial charge < -0.3 is 9.64 Å². The standard InChI is InChI=1S/C16H22N2O4S/c19-16(13-8-10-22-12-13)18-9-4-5-14(11-18)17-23(20,21)15-6-2-1-3-7-15/h1-3,6-7,13-14,17H,4-5,8-12H2/t13-,14+/m1/s1. The molecule has 0 bridgehead atoms. The zero-order valence-corrected chi connectivity index (χ0v) is 13.8. The second-order valence-corrected chi connectivity index (χ2v) is 7.83. The van der Waals surface area contributed by atoms with Gasteiger partial charge in [-0.3, -0.25) is 4.79 Å². The number of carbonyl (C=O) groups excluding carboxylic acids is 1. The van der Waals surface area contributed by atoms with Crippen LogP contribution in [0.3, 0.4) is 0 Å². The summed E-state index contributed by atoms with van der Waals surface area (Å²) >= 11 is 0. The van der Waals surface area contributed by atoms with Gasteiger partial charge in [-0.2, -0.15) is 0 Å². The van der Waals surface area contributed by atoms with E-state index in [-0.39, 0.29) is 22.8 Å². The molecule has 1 N–H and O–H groups in total. The highest BCUT2D eigenvalue weighted by atomic mass is 32.2. The highest BCUT2D eigenvalue weighted by Crippen LogP contribution is 2.20. The van der Waals surface area contributed by atoms with Crippen molar-refractivity contribution in [3.63, 3.8) is 0 Å². The molecule has 0 radical (unpaired) electrons. The van der Waals surface area contributed by atoms with Crippen LogP contribution >= 0.6 is 0 Å². The lowest BCUT2D eigenvalue weighted by Gasteiger charge is -2.34. The Morgan fingerprint density at radius 1 is 1.22 bits per heavy atom. The zero-order chi connectivity index (χ0) is 16.3. The van der Waals surface area contributed by atoms with Crippen molar-refractivity contribution in [2.75, 3.05) is 26.3 Å². The van der Waals surface area contributed by atoms with Crippen molar-refractivity contribution in [2.24, 2.45) is 5.92 Å². The van der Waals surface area contributed by atoms with Gasteiger partial charge in [-0.1, -0.05) is 18.2 Å². The molecular formula is C16H22N2O4S. The Morgan fingerprint density at radius 2 is 2.00 bits per heavy atom. The van der Waals surface area contributed by atoms with Crippen LogP contribution in [0.5, 0.6) is 0 Å². The Hall–Kier alpha value is -1.44. The Kier molecular flexibility index (Phi) is 4.99. The Labute approximate surface area is 136 Å². The number of rotatable bonds is 4. The number of hydrogen-bond donors (Lipinski definition) is 1. The van der Waals surface area contributed by atoms with Crippen LogP contribution in [0, 0.1) is 5.92 Å². The molecule has 2 heterocycles. The van der Waals surface area contributed by atoms with E-state index in [9.17, 15) is 13.2 Å². The summed E-state index contributed by atoms with van der Waals surface area (Å²) < 4.78 is 32.8. The molecule has 0 saturated carbocycles. The third-order valence-electron chi connectivity index (χ3n) is 4.39. The summed E-state index contributed by atoms with van der Waals surface area (Å²) in [6.45, 7) is 2.24. The summed E-state index contributed by atoms with van der Waals surface area (Å²) in [6.07, 6.45) is 2.31. The lowest BCUT2D eigenvalue weighted by atomic mass is 10.0. The molecule has 1 aromatic rings. The van der Waals surface area contributed by atoms with E-state index in [1.807, 2.05) is 0 Å². The number of ether oxygens (including phenoxy) is 1. The maximum Gasteiger partial charge on any atom is 0.240 e. The van der Waals surface area contributed by atoms with Crippen molar-refractivity contribution in [3.8, 4) is 0 Å². The summed E-state index contributed by atoms with van der Waals surface area (Å²) in [5, 5.41) is 0. The van der Waals surface area contributed by atoms with E-state index in [1.54, 1.807) is 35.2 Å². The number of hydrogen-bond acceptors (Lipinski definition) is 4. The van der Waals surface area contributed by atoms with Gasteiger partial charge in [0, 0.05) is 25.7 Å².